The molecule has 1 aromatic heterocycles. The Morgan fingerprint density at radius 3 is 2.77 bits per heavy atom. The van der Waals surface area contributed by atoms with E-state index in [1.807, 2.05) is 37.3 Å². The van der Waals surface area contributed by atoms with Crippen molar-refractivity contribution in [3.63, 3.8) is 0 Å². The van der Waals surface area contributed by atoms with E-state index >= 15 is 0 Å². The minimum atomic E-state index is -0.247. The van der Waals surface area contributed by atoms with Crippen molar-refractivity contribution in [3.8, 4) is 11.5 Å². The molecule has 5 nitrogen and oxygen atoms in total. The minimum Gasteiger partial charge on any atom is -0.457 e. The van der Waals surface area contributed by atoms with Gasteiger partial charge in [-0.3, -0.25) is 9.78 Å². The molecule has 1 amide bonds. The Balaban J connectivity index is 1.97. The van der Waals surface area contributed by atoms with Gasteiger partial charge in [0.15, 0.2) is 0 Å². The molecule has 1 unspecified atom stereocenters. The van der Waals surface area contributed by atoms with Gasteiger partial charge in [0.25, 0.3) is 5.91 Å². The molecule has 116 valence electrons. The normalized spacial score (nSPS) is 11.7. The van der Waals surface area contributed by atoms with Crippen molar-refractivity contribution < 1.29 is 14.6 Å². The maximum Gasteiger partial charge on any atom is 0.270 e. The van der Waals surface area contributed by atoms with Gasteiger partial charge < -0.3 is 15.2 Å². The summed E-state index contributed by atoms with van der Waals surface area (Å²) < 4.78 is 5.68. The van der Waals surface area contributed by atoms with Crippen LogP contribution in [0.15, 0.2) is 48.7 Å². The van der Waals surface area contributed by atoms with E-state index in [2.05, 4.69) is 10.3 Å². The number of hydrogen-bond donors (Lipinski definition) is 2. The van der Waals surface area contributed by atoms with E-state index in [1.165, 1.54) is 0 Å². The molecule has 0 radical (unpaired) electrons. The number of para-hydroxylation sites is 1. The van der Waals surface area contributed by atoms with Crippen LogP contribution in [0.2, 0.25) is 0 Å². The molecule has 1 atom stereocenters. The topological polar surface area (TPSA) is 71.5 Å². The van der Waals surface area contributed by atoms with Crippen molar-refractivity contribution in [2.24, 2.45) is 5.92 Å². The predicted octanol–water partition coefficient (Wildman–Crippen LogP) is 2.62. The van der Waals surface area contributed by atoms with Crippen LogP contribution in [-0.2, 0) is 0 Å². The fraction of sp³-hybridized carbons (Fsp3) is 0.294. The zero-order valence-electron chi connectivity index (χ0n) is 12.5. The van der Waals surface area contributed by atoms with Gasteiger partial charge in [-0.1, -0.05) is 25.1 Å². The molecule has 0 spiro atoms. The van der Waals surface area contributed by atoms with Crippen LogP contribution in [0.3, 0.4) is 0 Å². The molecule has 1 heterocycles. The van der Waals surface area contributed by atoms with Gasteiger partial charge >= 0.3 is 0 Å². The molecule has 2 aromatic rings. The molecule has 1 aromatic carbocycles. The number of carbonyl (C=O) groups excluding carboxylic acids is 1. The molecule has 0 aliphatic heterocycles. The van der Waals surface area contributed by atoms with Gasteiger partial charge in [0, 0.05) is 25.4 Å². The summed E-state index contributed by atoms with van der Waals surface area (Å²) in [5, 5.41) is 11.7. The quantitative estimate of drug-likeness (QED) is 0.824. The third-order valence-corrected chi connectivity index (χ3v) is 3.18. The molecule has 0 bridgehead atoms. The van der Waals surface area contributed by atoms with Gasteiger partial charge in [-0.05, 0) is 30.5 Å². The van der Waals surface area contributed by atoms with Crippen LogP contribution in [-0.4, -0.2) is 29.1 Å². The van der Waals surface area contributed by atoms with Crippen molar-refractivity contribution in [1.29, 1.82) is 0 Å². The zero-order valence-corrected chi connectivity index (χ0v) is 12.5. The summed E-state index contributed by atoms with van der Waals surface area (Å²) in [5.74, 6) is 1.24. The van der Waals surface area contributed by atoms with Crippen molar-refractivity contribution in [2.75, 3.05) is 13.2 Å². The Hall–Kier alpha value is -2.40. The number of ether oxygens (including phenoxy) is 1. The first-order valence-electron chi connectivity index (χ1n) is 7.27. The lowest BCUT2D eigenvalue weighted by Crippen LogP contribution is -2.29. The van der Waals surface area contributed by atoms with Gasteiger partial charge in [-0.2, -0.15) is 0 Å². The number of nitrogens with one attached hydrogen (secondary N) is 1. The Labute approximate surface area is 130 Å². The SMILES string of the molecule is CC(CCO)CNC(=O)c1cc(Oc2ccccc2)ccn1. The monoisotopic (exact) mass is 300 g/mol. The van der Waals surface area contributed by atoms with E-state index in [0.29, 0.717) is 30.2 Å². The van der Waals surface area contributed by atoms with Crippen LogP contribution in [0.25, 0.3) is 0 Å². The fourth-order valence-corrected chi connectivity index (χ4v) is 1.90. The van der Waals surface area contributed by atoms with Gasteiger partial charge in [0.1, 0.15) is 17.2 Å². The molecular weight excluding hydrogens is 280 g/mol. The lowest BCUT2D eigenvalue weighted by Gasteiger charge is -2.11. The molecule has 2 rings (SSSR count). The summed E-state index contributed by atoms with van der Waals surface area (Å²) in [6.07, 6.45) is 2.20. The first kappa shape index (κ1) is 16.0. The minimum absolute atomic E-state index is 0.121. The molecule has 2 N–H and O–H groups in total. The summed E-state index contributed by atoms with van der Waals surface area (Å²) in [5.41, 5.74) is 0.310. The number of benzene rings is 1. The first-order valence-corrected chi connectivity index (χ1v) is 7.27. The number of aromatic nitrogens is 1. The molecule has 22 heavy (non-hydrogen) atoms. The van der Waals surface area contributed by atoms with Crippen LogP contribution in [0, 0.1) is 5.92 Å². The fourth-order valence-electron chi connectivity index (χ4n) is 1.90. The molecular formula is C17H20N2O3. The highest BCUT2D eigenvalue weighted by Crippen LogP contribution is 2.20. The lowest BCUT2D eigenvalue weighted by atomic mass is 10.1. The third kappa shape index (κ3) is 4.86. The third-order valence-electron chi connectivity index (χ3n) is 3.18. The Bertz CT molecular complexity index is 602. The van der Waals surface area contributed by atoms with Crippen molar-refractivity contribution >= 4 is 5.91 Å². The van der Waals surface area contributed by atoms with E-state index in [4.69, 9.17) is 9.84 Å². The number of rotatable bonds is 7. The van der Waals surface area contributed by atoms with Crippen LogP contribution in [0.5, 0.6) is 11.5 Å². The van der Waals surface area contributed by atoms with Gasteiger partial charge in [-0.25, -0.2) is 0 Å². The van der Waals surface area contributed by atoms with Gasteiger partial charge in [0.05, 0.1) is 0 Å². The second-order valence-corrected chi connectivity index (χ2v) is 5.12. The molecule has 5 heteroatoms. The molecule has 0 fully saturated rings. The Morgan fingerprint density at radius 2 is 2.05 bits per heavy atom. The van der Waals surface area contributed by atoms with E-state index in [-0.39, 0.29) is 18.4 Å². The summed E-state index contributed by atoms with van der Waals surface area (Å²) in [6.45, 7) is 2.60. The number of hydrogen-bond acceptors (Lipinski definition) is 4. The number of aliphatic hydroxyl groups is 1. The Morgan fingerprint density at radius 1 is 1.27 bits per heavy atom. The summed E-state index contributed by atoms with van der Waals surface area (Å²) in [6, 6.07) is 12.7. The second kappa shape index (κ2) is 8.14. The van der Waals surface area contributed by atoms with E-state index < -0.39 is 0 Å². The van der Waals surface area contributed by atoms with Crippen LogP contribution < -0.4 is 10.1 Å². The van der Waals surface area contributed by atoms with Crippen LogP contribution in [0.4, 0.5) is 0 Å². The molecule has 0 saturated heterocycles. The van der Waals surface area contributed by atoms with Crippen molar-refractivity contribution in [1.82, 2.24) is 10.3 Å². The predicted molar refractivity (Wildman–Crippen MR) is 84.0 cm³/mol. The van der Waals surface area contributed by atoms with Crippen LogP contribution >= 0.6 is 0 Å². The van der Waals surface area contributed by atoms with E-state index in [9.17, 15) is 4.79 Å². The average Bonchev–Trinajstić information content (AvgIpc) is 2.54. The van der Waals surface area contributed by atoms with Crippen molar-refractivity contribution in [3.05, 3.63) is 54.4 Å². The zero-order chi connectivity index (χ0) is 15.8. The maximum absolute atomic E-state index is 12.1. The summed E-state index contributed by atoms with van der Waals surface area (Å²) in [7, 11) is 0. The summed E-state index contributed by atoms with van der Waals surface area (Å²) in [4.78, 5) is 16.1. The van der Waals surface area contributed by atoms with Crippen molar-refractivity contribution in [2.45, 2.75) is 13.3 Å². The van der Waals surface area contributed by atoms with Gasteiger partial charge in [0.2, 0.25) is 0 Å². The maximum atomic E-state index is 12.1. The largest absolute Gasteiger partial charge is 0.457 e. The molecule has 0 aliphatic carbocycles. The lowest BCUT2D eigenvalue weighted by molar-refractivity contribution is 0.0940. The highest BCUT2D eigenvalue weighted by atomic mass is 16.5. The number of carbonyl (C=O) groups is 1. The standard InChI is InChI=1S/C17H20N2O3/c1-13(8-10-20)12-19-17(21)16-11-15(7-9-18-16)22-14-5-3-2-4-6-14/h2-7,9,11,13,20H,8,10,12H2,1H3,(H,19,21). The molecule has 0 saturated carbocycles. The number of pyridine rings is 1. The number of aliphatic hydroxyl groups excluding tert-OH is 1. The smallest absolute Gasteiger partial charge is 0.270 e. The molecule has 0 aliphatic rings. The highest BCUT2D eigenvalue weighted by Gasteiger charge is 2.10. The average molecular weight is 300 g/mol. The first-order chi connectivity index (χ1) is 10.7. The second-order valence-electron chi connectivity index (χ2n) is 5.12. The van der Waals surface area contributed by atoms with E-state index in [1.54, 1.807) is 18.3 Å². The highest BCUT2D eigenvalue weighted by molar-refractivity contribution is 5.92. The Kier molecular flexibility index (Phi) is 5.91. The van der Waals surface area contributed by atoms with Gasteiger partial charge in [-0.15, -0.1) is 0 Å². The number of nitrogens with zero attached hydrogens (tertiary/aromatic N) is 1. The number of amides is 1. The van der Waals surface area contributed by atoms with Crippen LogP contribution in [0.1, 0.15) is 23.8 Å². The van der Waals surface area contributed by atoms with E-state index in [0.717, 1.165) is 0 Å². The summed E-state index contributed by atoms with van der Waals surface area (Å²) >= 11 is 0.